The van der Waals surface area contributed by atoms with E-state index in [-0.39, 0.29) is 6.04 Å². The smallest absolute Gasteiger partial charge is 0.0624 e. The number of rotatable bonds is 7. The van der Waals surface area contributed by atoms with Gasteiger partial charge in [-0.1, -0.05) is 25.1 Å². The fourth-order valence-electron chi connectivity index (χ4n) is 2.17. The van der Waals surface area contributed by atoms with Crippen LogP contribution in [0.4, 0.5) is 0 Å². The van der Waals surface area contributed by atoms with Crippen LogP contribution in [0.2, 0.25) is 0 Å². The number of nitrogens with two attached hydrogens (primary N) is 1. The molecule has 0 bridgehead atoms. The molecule has 1 aromatic heterocycles. The van der Waals surface area contributed by atoms with Crippen molar-refractivity contribution in [3.63, 3.8) is 0 Å². The average Bonchev–Trinajstić information content (AvgIpc) is 2.88. The highest BCUT2D eigenvalue weighted by atomic mass is 32.2. The molecule has 4 heteroatoms. The van der Waals surface area contributed by atoms with Crippen LogP contribution in [-0.4, -0.2) is 21.6 Å². The van der Waals surface area contributed by atoms with Gasteiger partial charge in [0.2, 0.25) is 0 Å². The number of hydrogen-bond acceptors (Lipinski definition) is 3. The van der Waals surface area contributed by atoms with E-state index in [2.05, 4.69) is 54.0 Å². The first-order valence-corrected chi connectivity index (χ1v) is 8.20. The first kappa shape index (κ1) is 15.1. The average molecular weight is 289 g/mol. The Morgan fingerprint density at radius 1 is 1.25 bits per heavy atom. The van der Waals surface area contributed by atoms with E-state index in [1.54, 1.807) is 0 Å². The molecular formula is C16H23N3S. The fraction of sp³-hybridized carbons (Fsp3) is 0.438. The van der Waals surface area contributed by atoms with Gasteiger partial charge in [-0.15, -0.1) is 11.8 Å². The minimum atomic E-state index is 0.159. The second-order valence-corrected chi connectivity index (χ2v) is 5.98. The molecule has 2 aromatic rings. The van der Waals surface area contributed by atoms with Gasteiger partial charge in [0.05, 0.1) is 5.69 Å². The molecule has 0 radical (unpaired) electrons. The Morgan fingerprint density at radius 2 is 2.00 bits per heavy atom. The van der Waals surface area contributed by atoms with Gasteiger partial charge in [-0.05, 0) is 31.5 Å². The topological polar surface area (TPSA) is 43.8 Å². The van der Waals surface area contributed by atoms with Crippen molar-refractivity contribution in [3.05, 3.63) is 47.8 Å². The summed E-state index contributed by atoms with van der Waals surface area (Å²) in [5.41, 5.74) is 8.68. The fourth-order valence-corrected chi connectivity index (χ4v) is 3.05. The van der Waals surface area contributed by atoms with E-state index in [1.165, 1.54) is 10.6 Å². The molecule has 0 spiro atoms. The van der Waals surface area contributed by atoms with E-state index < -0.39 is 0 Å². The van der Waals surface area contributed by atoms with E-state index >= 15 is 0 Å². The molecule has 1 unspecified atom stereocenters. The molecule has 2 rings (SSSR count). The van der Waals surface area contributed by atoms with Gasteiger partial charge in [0.1, 0.15) is 0 Å². The number of hydrogen-bond donors (Lipinski definition) is 1. The van der Waals surface area contributed by atoms with Crippen molar-refractivity contribution in [1.82, 2.24) is 9.78 Å². The molecule has 0 aliphatic heterocycles. The number of thioether (sulfide) groups is 1. The minimum absolute atomic E-state index is 0.159. The Labute approximate surface area is 125 Å². The van der Waals surface area contributed by atoms with Gasteiger partial charge in [-0.2, -0.15) is 5.10 Å². The summed E-state index contributed by atoms with van der Waals surface area (Å²) in [5.74, 6) is 0.931. The Bertz CT molecular complexity index is 522. The summed E-state index contributed by atoms with van der Waals surface area (Å²) in [7, 11) is 0. The van der Waals surface area contributed by atoms with Crippen LogP contribution in [0.25, 0.3) is 0 Å². The lowest BCUT2D eigenvalue weighted by atomic mass is 10.2. The highest BCUT2D eigenvalue weighted by molar-refractivity contribution is 7.99. The van der Waals surface area contributed by atoms with Gasteiger partial charge in [0.15, 0.2) is 0 Å². The zero-order valence-corrected chi connectivity index (χ0v) is 13.1. The molecule has 0 aliphatic carbocycles. The molecule has 0 saturated carbocycles. The van der Waals surface area contributed by atoms with Crippen LogP contribution in [-0.2, 0) is 19.4 Å². The van der Waals surface area contributed by atoms with Gasteiger partial charge in [0, 0.05) is 35.3 Å². The van der Waals surface area contributed by atoms with E-state index in [9.17, 15) is 0 Å². The third-order valence-electron chi connectivity index (χ3n) is 3.25. The van der Waals surface area contributed by atoms with E-state index in [4.69, 9.17) is 5.73 Å². The molecule has 20 heavy (non-hydrogen) atoms. The quantitative estimate of drug-likeness (QED) is 0.796. The molecular weight excluding hydrogens is 266 g/mol. The zero-order chi connectivity index (χ0) is 14.4. The number of aryl methyl sites for hydroxylation is 2. The predicted octanol–water partition coefficient (Wildman–Crippen LogP) is 3.13. The highest BCUT2D eigenvalue weighted by Gasteiger charge is 2.11. The van der Waals surface area contributed by atoms with Crippen LogP contribution < -0.4 is 5.73 Å². The third-order valence-corrected chi connectivity index (χ3v) is 4.45. The Kier molecular flexibility index (Phi) is 5.68. The first-order valence-electron chi connectivity index (χ1n) is 7.22. The number of nitrogens with zero attached hydrogens (tertiary/aromatic N) is 2. The predicted molar refractivity (Wildman–Crippen MR) is 86.1 cm³/mol. The van der Waals surface area contributed by atoms with Gasteiger partial charge in [-0.3, -0.25) is 4.68 Å². The molecule has 108 valence electrons. The van der Waals surface area contributed by atoms with Crippen LogP contribution in [0.15, 0.2) is 41.3 Å². The molecule has 1 atom stereocenters. The maximum atomic E-state index is 6.27. The van der Waals surface area contributed by atoms with Gasteiger partial charge >= 0.3 is 0 Å². The van der Waals surface area contributed by atoms with E-state index in [0.29, 0.717) is 0 Å². The van der Waals surface area contributed by atoms with Crippen LogP contribution in [0.3, 0.4) is 0 Å². The molecule has 1 aromatic carbocycles. The molecule has 0 amide bonds. The molecule has 1 heterocycles. The lowest BCUT2D eigenvalue weighted by molar-refractivity contribution is 0.592. The summed E-state index contributed by atoms with van der Waals surface area (Å²) < 4.78 is 2.08. The Hall–Kier alpha value is -1.26. The monoisotopic (exact) mass is 289 g/mol. The highest BCUT2D eigenvalue weighted by Crippen LogP contribution is 2.18. The van der Waals surface area contributed by atoms with Crippen molar-refractivity contribution in [3.8, 4) is 0 Å². The van der Waals surface area contributed by atoms with Crippen LogP contribution in [0, 0.1) is 0 Å². The SMILES string of the molecule is CCc1cc(CC(N)CSc2ccccc2)n(CC)n1. The number of benzene rings is 1. The second-order valence-electron chi connectivity index (χ2n) is 4.88. The van der Waals surface area contributed by atoms with Crippen molar-refractivity contribution >= 4 is 11.8 Å². The second kappa shape index (κ2) is 7.50. The lowest BCUT2D eigenvalue weighted by Crippen LogP contribution is -2.26. The summed E-state index contributed by atoms with van der Waals surface area (Å²) in [6.45, 7) is 5.17. The van der Waals surface area contributed by atoms with Crippen LogP contribution in [0.5, 0.6) is 0 Å². The molecule has 0 aliphatic rings. The lowest BCUT2D eigenvalue weighted by Gasteiger charge is -2.12. The molecule has 0 saturated heterocycles. The van der Waals surface area contributed by atoms with Crippen molar-refractivity contribution < 1.29 is 0 Å². The minimum Gasteiger partial charge on any atom is -0.327 e. The van der Waals surface area contributed by atoms with Crippen LogP contribution >= 0.6 is 11.8 Å². The molecule has 3 nitrogen and oxygen atoms in total. The Morgan fingerprint density at radius 3 is 2.65 bits per heavy atom. The summed E-state index contributed by atoms with van der Waals surface area (Å²) in [6, 6.07) is 12.8. The number of aromatic nitrogens is 2. The van der Waals surface area contributed by atoms with E-state index in [0.717, 1.165) is 30.8 Å². The molecule has 2 N–H and O–H groups in total. The summed E-state index contributed by atoms with van der Waals surface area (Å²) >= 11 is 1.82. The van der Waals surface area contributed by atoms with Gasteiger partial charge in [0.25, 0.3) is 0 Å². The first-order chi connectivity index (χ1) is 9.72. The van der Waals surface area contributed by atoms with Gasteiger partial charge < -0.3 is 5.73 Å². The largest absolute Gasteiger partial charge is 0.327 e. The third kappa shape index (κ3) is 4.12. The normalized spacial score (nSPS) is 12.6. The maximum absolute atomic E-state index is 6.27. The van der Waals surface area contributed by atoms with Crippen molar-refractivity contribution in [2.24, 2.45) is 5.73 Å². The van der Waals surface area contributed by atoms with E-state index in [1.807, 2.05) is 17.8 Å². The Balaban J connectivity index is 1.91. The van der Waals surface area contributed by atoms with Gasteiger partial charge in [-0.25, -0.2) is 0 Å². The summed E-state index contributed by atoms with van der Waals surface area (Å²) in [6.07, 6.45) is 1.87. The maximum Gasteiger partial charge on any atom is 0.0624 e. The van der Waals surface area contributed by atoms with Crippen molar-refractivity contribution in [1.29, 1.82) is 0 Å². The van der Waals surface area contributed by atoms with Crippen molar-refractivity contribution in [2.75, 3.05) is 5.75 Å². The molecule has 0 fully saturated rings. The zero-order valence-electron chi connectivity index (χ0n) is 12.2. The summed E-state index contributed by atoms with van der Waals surface area (Å²) in [4.78, 5) is 1.28. The van der Waals surface area contributed by atoms with Crippen molar-refractivity contribution in [2.45, 2.75) is 44.2 Å². The van der Waals surface area contributed by atoms with Crippen LogP contribution in [0.1, 0.15) is 25.2 Å². The standard InChI is InChI=1S/C16H23N3S/c1-3-14-11-15(19(4-2)18-14)10-13(17)12-20-16-8-6-5-7-9-16/h5-9,11,13H,3-4,10,12,17H2,1-2H3. The summed E-state index contributed by atoms with van der Waals surface area (Å²) in [5, 5.41) is 4.57.